The van der Waals surface area contributed by atoms with Crippen LogP contribution >= 0.6 is 0 Å². The van der Waals surface area contributed by atoms with Crippen molar-refractivity contribution < 1.29 is 34.1 Å². The average molecular weight is 468 g/mol. The van der Waals surface area contributed by atoms with Gasteiger partial charge in [0.1, 0.15) is 25.0 Å². The normalized spacial score (nSPS) is 25.1. The summed E-state index contributed by atoms with van der Waals surface area (Å²) in [6.45, 7) is -5.05. The molecule has 0 saturated carbocycles. The Morgan fingerprint density at radius 2 is 1.88 bits per heavy atom. The number of hydrogen-bond acceptors (Lipinski definition) is 6. The number of carbonyl (C=O) groups excluding carboxylic acids is 4. The van der Waals surface area contributed by atoms with Gasteiger partial charge in [0, 0.05) is 30.6 Å². The number of piperidine rings is 1. The van der Waals surface area contributed by atoms with Crippen LogP contribution in [0.4, 0.5) is 0 Å². The van der Waals surface area contributed by atoms with E-state index >= 15 is 0 Å². The highest BCUT2D eigenvalue weighted by Gasteiger charge is 2.40. The summed E-state index contributed by atoms with van der Waals surface area (Å²) >= 11 is 0. The number of ether oxygens (including phenoxy) is 2. The summed E-state index contributed by atoms with van der Waals surface area (Å²) in [7, 11) is 0. The zero-order valence-electron chi connectivity index (χ0n) is 22.2. The third-order valence-electron chi connectivity index (χ3n) is 6.03. The van der Waals surface area contributed by atoms with E-state index < -0.39 is 37.5 Å². The van der Waals surface area contributed by atoms with Gasteiger partial charge in [-0.15, -0.1) is 0 Å². The van der Waals surface area contributed by atoms with Gasteiger partial charge in [0.05, 0.1) is 18.6 Å². The molecule has 5 rings (SSSR count). The maximum Gasteiger partial charge on any atom is 0.255 e. The standard InChI is InChI=1S/C25H25N3O6/c29-22-9-8-20(24(31)26-22)28-13-19-18(25(28)32)2-1-3-21(19)34-14-17-6-4-16(5-7-17)12-27-10-11-33-15-23(27)30/h1-7,20H,8-15H2,(H,26,29,31)/i10D2,15D2. The molecule has 1 N–H and O–H groups in total. The summed E-state index contributed by atoms with van der Waals surface area (Å²) in [4.78, 5) is 51.4. The molecule has 1 atom stereocenters. The largest absolute Gasteiger partial charge is 0.489 e. The van der Waals surface area contributed by atoms with Gasteiger partial charge >= 0.3 is 0 Å². The quantitative estimate of drug-likeness (QED) is 0.644. The van der Waals surface area contributed by atoms with E-state index in [1.807, 2.05) is 0 Å². The lowest BCUT2D eigenvalue weighted by molar-refractivity contribution is -0.143. The maximum atomic E-state index is 13.0. The third kappa shape index (κ3) is 4.38. The molecule has 3 heterocycles. The molecular weight excluding hydrogens is 438 g/mol. The van der Waals surface area contributed by atoms with E-state index in [9.17, 15) is 19.2 Å². The molecule has 34 heavy (non-hydrogen) atoms. The molecule has 2 aromatic carbocycles. The Kier molecular flexibility index (Phi) is 4.83. The smallest absolute Gasteiger partial charge is 0.255 e. The predicted octanol–water partition coefficient (Wildman–Crippen LogP) is 1.39. The SMILES string of the molecule is [2H]C1([2H])OCC([2H])([2H])N(Cc2ccc(COc3cccc4c3CN(C3CCC(=O)NC3=O)C4=O)cc2)C1=O. The van der Waals surface area contributed by atoms with Crippen LogP contribution in [0, 0.1) is 0 Å². The van der Waals surface area contributed by atoms with Gasteiger partial charge in [0.25, 0.3) is 5.91 Å². The van der Waals surface area contributed by atoms with Crippen LogP contribution in [-0.4, -0.2) is 59.1 Å². The lowest BCUT2D eigenvalue weighted by atomic mass is 10.0. The fraction of sp³-hybridized carbons (Fsp3) is 0.360. The number of nitrogens with one attached hydrogen (secondary N) is 1. The lowest BCUT2D eigenvalue weighted by Crippen LogP contribution is -2.52. The number of hydrogen-bond donors (Lipinski definition) is 1. The van der Waals surface area contributed by atoms with Crippen LogP contribution in [0.15, 0.2) is 42.5 Å². The molecule has 176 valence electrons. The number of carbonyl (C=O) groups is 4. The van der Waals surface area contributed by atoms with Gasteiger partial charge in [-0.1, -0.05) is 30.3 Å². The first-order chi connectivity index (χ1) is 18.0. The van der Waals surface area contributed by atoms with E-state index in [0.29, 0.717) is 22.4 Å². The van der Waals surface area contributed by atoms with Crippen molar-refractivity contribution in [2.24, 2.45) is 0 Å². The van der Waals surface area contributed by atoms with Crippen molar-refractivity contribution in [1.82, 2.24) is 15.1 Å². The van der Waals surface area contributed by atoms with Crippen molar-refractivity contribution in [2.45, 2.75) is 38.6 Å². The summed E-state index contributed by atoms with van der Waals surface area (Å²) < 4.78 is 42.1. The van der Waals surface area contributed by atoms with Gasteiger partial charge in [-0.25, -0.2) is 0 Å². The van der Waals surface area contributed by atoms with Crippen LogP contribution < -0.4 is 10.1 Å². The first kappa shape index (κ1) is 17.7. The molecule has 0 aliphatic carbocycles. The number of imide groups is 1. The topological polar surface area (TPSA) is 105 Å². The predicted molar refractivity (Wildman–Crippen MR) is 119 cm³/mol. The first-order valence-corrected chi connectivity index (χ1v) is 10.9. The van der Waals surface area contributed by atoms with Gasteiger partial charge in [-0.3, -0.25) is 24.5 Å². The van der Waals surface area contributed by atoms with E-state index in [-0.39, 0.29) is 44.4 Å². The van der Waals surface area contributed by atoms with E-state index in [4.69, 9.17) is 15.0 Å². The second-order valence-electron chi connectivity index (χ2n) is 8.23. The molecule has 9 nitrogen and oxygen atoms in total. The van der Waals surface area contributed by atoms with E-state index in [1.165, 1.54) is 4.90 Å². The number of benzene rings is 2. The minimum atomic E-state index is -2.58. The van der Waals surface area contributed by atoms with E-state index in [0.717, 1.165) is 10.5 Å². The summed E-state index contributed by atoms with van der Waals surface area (Å²) in [5.74, 6) is -1.68. The van der Waals surface area contributed by atoms with Crippen LogP contribution in [0.2, 0.25) is 0 Å². The summed E-state index contributed by atoms with van der Waals surface area (Å²) in [6.07, 6.45) is 0.447. The molecule has 0 aromatic heterocycles. The van der Waals surface area contributed by atoms with Crippen LogP contribution in [0.5, 0.6) is 5.75 Å². The van der Waals surface area contributed by atoms with Crippen molar-refractivity contribution in [1.29, 1.82) is 0 Å². The summed E-state index contributed by atoms with van der Waals surface area (Å²) in [6, 6.07) is 11.3. The zero-order valence-corrected chi connectivity index (χ0v) is 18.2. The van der Waals surface area contributed by atoms with Gasteiger partial charge in [-0.2, -0.15) is 0 Å². The van der Waals surface area contributed by atoms with Gasteiger partial charge < -0.3 is 19.3 Å². The fourth-order valence-electron chi connectivity index (χ4n) is 4.24. The summed E-state index contributed by atoms with van der Waals surface area (Å²) in [5.41, 5.74) is 2.51. The number of morpholine rings is 1. The zero-order chi connectivity index (χ0) is 27.2. The minimum absolute atomic E-state index is 0.125. The highest BCUT2D eigenvalue weighted by atomic mass is 16.5. The van der Waals surface area contributed by atoms with Crippen LogP contribution in [0.3, 0.4) is 0 Å². The van der Waals surface area contributed by atoms with Gasteiger partial charge in [0.15, 0.2) is 0 Å². The highest BCUT2D eigenvalue weighted by Crippen LogP contribution is 2.34. The van der Waals surface area contributed by atoms with Gasteiger partial charge in [0.2, 0.25) is 17.7 Å². The Bertz CT molecular complexity index is 1320. The Morgan fingerprint density at radius 1 is 1.09 bits per heavy atom. The Morgan fingerprint density at radius 3 is 2.68 bits per heavy atom. The molecule has 3 aliphatic heterocycles. The molecule has 1 unspecified atom stereocenters. The maximum absolute atomic E-state index is 13.0. The van der Waals surface area contributed by atoms with Crippen molar-refractivity contribution in [3.63, 3.8) is 0 Å². The number of nitrogens with zero attached hydrogens (tertiary/aromatic N) is 2. The van der Waals surface area contributed by atoms with Crippen molar-refractivity contribution in [2.75, 3.05) is 19.7 Å². The number of rotatable bonds is 6. The third-order valence-corrected chi connectivity index (χ3v) is 6.03. The molecular formula is C25H25N3O6. The van der Waals surface area contributed by atoms with Crippen molar-refractivity contribution in [3.8, 4) is 5.75 Å². The van der Waals surface area contributed by atoms with Crippen LogP contribution in [0.25, 0.3) is 0 Å². The fourth-order valence-corrected chi connectivity index (χ4v) is 4.24. The molecule has 0 radical (unpaired) electrons. The Balaban J connectivity index is 1.25. The molecule has 0 spiro atoms. The second-order valence-corrected chi connectivity index (χ2v) is 8.23. The molecule has 9 heteroatoms. The molecule has 4 amide bonds. The Labute approximate surface area is 202 Å². The lowest BCUT2D eigenvalue weighted by Gasteiger charge is -2.29. The van der Waals surface area contributed by atoms with Crippen LogP contribution in [0.1, 0.15) is 45.4 Å². The van der Waals surface area contributed by atoms with Crippen LogP contribution in [-0.2, 0) is 38.8 Å². The molecule has 2 fully saturated rings. The molecule has 0 bridgehead atoms. The summed E-state index contributed by atoms with van der Waals surface area (Å²) in [5, 5.41) is 2.29. The number of fused-ring (bicyclic) bond motifs is 1. The van der Waals surface area contributed by atoms with E-state index in [1.54, 1.807) is 42.5 Å². The molecule has 3 aliphatic rings. The van der Waals surface area contributed by atoms with E-state index in [2.05, 4.69) is 5.32 Å². The van der Waals surface area contributed by atoms with Gasteiger partial charge in [-0.05, 0) is 29.7 Å². The Hall–Kier alpha value is -3.72. The van der Waals surface area contributed by atoms with Crippen molar-refractivity contribution in [3.05, 3.63) is 64.7 Å². The number of amides is 4. The minimum Gasteiger partial charge on any atom is -0.489 e. The average Bonchev–Trinajstić information content (AvgIpc) is 3.21. The molecule has 2 saturated heterocycles. The van der Waals surface area contributed by atoms with Crippen molar-refractivity contribution >= 4 is 23.6 Å². The first-order valence-electron chi connectivity index (χ1n) is 12.9. The highest BCUT2D eigenvalue weighted by molar-refractivity contribution is 6.05. The monoisotopic (exact) mass is 467 g/mol. The molecule has 2 aromatic rings. The second kappa shape index (κ2) is 9.26.